The lowest BCUT2D eigenvalue weighted by atomic mass is 9.90. The van der Waals surface area contributed by atoms with Crippen LogP contribution >= 0.6 is 0 Å². The summed E-state index contributed by atoms with van der Waals surface area (Å²) in [5.74, 6) is 0.0536. The van der Waals surface area contributed by atoms with E-state index in [1.54, 1.807) is 6.92 Å². The molecular formula is C17H17O6. The molecule has 1 aromatic carbocycles. The molecule has 0 aliphatic carbocycles. The van der Waals surface area contributed by atoms with Crippen molar-refractivity contribution in [3.63, 3.8) is 0 Å². The van der Waals surface area contributed by atoms with Crippen molar-refractivity contribution in [1.29, 1.82) is 0 Å². The first-order valence-corrected chi connectivity index (χ1v) is 7.31. The topological polar surface area (TPSA) is 82.1 Å². The lowest BCUT2D eigenvalue weighted by Gasteiger charge is -2.07. The molecule has 6 heteroatoms. The molecule has 1 aromatic rings. The van der Waals surface area contributed by atoms with Crippen LogP contribution in [0.5, 0.6) is 11.5 Å². The molecule has 1 radical (unpaired) electrons. The third kappa shape index (κ3) is 3.22. The van der Waals surface area contributed by atoms with E-state index in [0.29, 0.717) is 11.3 Å². The second kappa shape index (κ2) is 6.04. The first-order chi connectivity index (χ1) is 10.9. The second-order valence-corrected chi connectivity index (χ2v) is 5.74. The summed E-state index contributed by atoms with van der Waals surface area (Å²) in [6.07, 6.45) is 3.09. The van der Waals surface area contributed by atoms with Gasteiger partial charge in [-0.05, 0) is 37.6 Å². The number of fused-ring (bicyclic) bond motifs is 1. The number of aromatic hydroxyl groups is 1. The summed E-state index contributed by atoms with van der Waals surface area (Å²) in [6.45, 7) is 5.02. The van der Waals surface area contributed by atoms with Crippen LogP contribution in [0.25, 0.3) is 0 Å². The summed E-state index contributed by atoms with van der Waals surface area (Å²) < 4.78 is 15.3. The van der Waals surface area contributed by atoms with Crippen molar-refractivity contribution in [3.8, 4) is 11.5 Å². The molecule has 0 spiro atoms. The first-order valence-electron chi connectivity index (χ1n) is 7.31. The van der Waals surface area contributed by atoms with Gasteiger partial charge in [0.05, 0.1) is 12.0 Å². The Balaban J connectivity index is 0.000000139. The van der Waals surface area contributed by atoms with E-state index in [2.05, 4.69) is 6.58 Å². The van der Waals surface area contributed by atoms with Crippen molar-refractivity contribution < 1.29 is 28.9 Å². The third-order valence-electron chi connectivity index (χ3n) is 3.89. The minimum absolute atomic E-state index is 0.0174. The lowest BCUT2D eigenvalue weighted by Crippen LogP contribution is -2.22. The van der Waals surface area contributed by atoms with Gasteiger partial charge in [-0.3, -0.25) is 4.79 Å². The molecule has 4 atom stereocenters. The minimum Gasteiger partial charge on any atom is -0.508 e. The molecule has 23 heavy (non-hydrogen) atoms. The molecule has 0 aromatic heterocycles. The number of phenolic OH excluding ortho intramolecular Hbond substituents is 1. The number of carbonyl (C=O) groups is 2. The summed E-state index contributed by atoms with van der Waals surface area (Å²) >= 11 is 0. The van der Waals surface area contributed by atoms with Gasteiger partial charge in [0.25, 0.3) is 0 Å². The van der Waals surface area contributed by atoms with Gasteiger partial charge in [0.1, 0.15) is 23.7 Å². The molecule has 121 valence electrons. The molecule has 3 aliphatic rings. The maximum Gasteiger partial charge on any atom is 0.338 e. The first kappa shape index (κ1) is 15.6. The summed E-state index contributed by atoms with van der Waals surface area (Å²) in [5, 5.41) is 8.94. The van der Waals surface area contributed by atoms with E-state index in [1.165, 1.54) is 24.3 Å². The molecule has 6 nitrogen and oxygen atoms in total. The zero-order chi connectivity index (χ0) is 16.6. The van der Waals surface area contributed by atoms with Crippen LogP contribution in [0.1, 0.15) is 13.3 Å². The maximum absolute atomic E-state index is 11.0. The van der Waals surface area contributed by atoms with Crippen molar-refractivity contribution in [2.45, 2.75) is 31.7 Å². The SMILES string of the molecule is C=C(C)C(=O)Oc1ccc(O)cc1.O=C1OC2[CH]C3CC1C2O3. The number of benzene rings is 1. The Morgan fingerprint density at radius 3 is 2.57 bits per heavy atom. The van der Waals surface area contributed by atoms with Crippen LogP contribution in [0.15, 0.2) is 36.4 Å². The summed E-state index contributed by atoms with van der Waals surface area (Å²) in [5.41, 5.74) is 0.341. The number of ether oxygens (including phenoxy) is 3. The molecule has 2 bridgehead atoms. The van der Waals surface area contributed by atoms with Gasteiger partial charge in [-0.25, -0.2) is 4.79 Å². The molecule has 4 unspecified atom stereocenters. The van der Waals surface area contributed by atoms with Crippen LogP contribution < -0.4 is 4.74 Å². The summed E-state index contributed by atoms with van der Waals surface area (Å²) in [6, 6.07) is 5.91. The molecule has 3 fully saturated rings. The molecule has 1 N–H and O–H groups in total. The molecular weight excluding hydrogens is 300 g/mol. The van der Waals surface area contributed by atoms with E-state index < -0.39 is 5.97 Å². The number of esters is 2. The van der Waals surface area contributed by atoms with Gasteiger partial charge in [-0.15, -0.1) is 0 Å². The van der Waals surface area contributed by atoms with Gasteiger partial charge in [0.2, 0.25) is 0 Å². The van der Waals surface area contributed by atoms with Gasteiger partial charge < -0.3 is 19.3 Å². The van der Waals surface area contributed by atoms with E-state index in [-0.39, 0.29) is 35.9 Å². The van der Waals surface area contributed by atoms with Crippen LogP contribution in [0, 0.1) is 12.3 Å². The Hall–Kier alpha value is -2.34. The number of carbonyl (C=O) groups excluding carboxylic acids is 2. The predicted octanol–water partition coefficient (Wildman–Crippen LogP) is 1.78. The molecule has 3 saturated heterocycles. The van der Waals surface area contributed by atoms with Crippen molar-refractivity contribution in [3.05, 3.63) is 42.8 Å². The highest BCUT2D eigenvalue weighted by Gasteiger charge is 2.58. The lowest BCUT2D eigenvalue weighted by molar-refractivity contribution is -0.142. The normalized spacial score (nSPS) is 29.5. The number of rotatable bonds is 2. The molecule has 0 saturated carbocycles. The average Bonchev–Trinajstić information content (AvgIpc) is 3.13. The largest absolute Gasteiger partial charge is 0.508 e. The van der Waals surface area contributed by atoms with Crippen LogP contribution in [0.4, 0.5) is 0 Å². The van der Waals surface area contributed by atoms with Crippen molar-refractivity contribution in [2.24, 2.45) is 5.92 Å². The zero-order valence-electron chi connectivity index (χ0n) is 12.6. The minimum atomic E-state index is -0.467. The highest BCUT2D eigenvalue weighted by molar-refractivity contribution is 5.88. The fourth-order valence-electron chi connectivity index (χ4n) is 2.75. The van der Waals surface area contributed by atoms with Crippen molar-refractivity contribution in [1.82, 2.24) is 0 Å². The van der Waals surface area contributed by atoms with Crippen molar-refractivity contribution in [2.75, 3.05) is 0 Å². The Bertz CT molecular complexity index is 633. The smallest absolute Gasteiger partial charge is 0.338 e. The Morgan fingerprint density at radius 2 is 2.04 bits per heavy atom. The van der Waals surface area contributed by atoms with E-state index >= 15 is 0 Å². The summed E-state index contributed by atoms with van der Waals surface area (Å²) in [4.78, 5) is 22.0. The Morgan fingerprint density at radius 1 is 1.35 bits per heavy atom. The van der Waals surface area contributed by atoms with Gasteiger partial charge >= 0.3 is 11.9 Å². The number of phenols is 1. The van der Waals surface area contributed by atoms with Crippen molar-refractivity contribution >= 4 is 11.9 Å². The Kier molecular flexibility index (Phi) is 4.09. The second-order valence-electron chi connectivity index (χ2n) is 5.74. The third-order valence-corrected chi connectivity index (χ3v) is 3.89. The Labute approximate surface area is 133 Å². The van der Waals surface area contributed by atoms with Crippen LogP contribution in [-0.4, -0.2) is 35.4 Å². The van der Waals surface area contributed by atoms with Crippen LogP contribution in [0.2, 0.25) is 0 Å². The zero-order valence-corrected chi connectivity index (χ0v) is 12.6. The van der Waals surface area contributed by atoms with Gasteiger partial charge in [-0.2, -0.15) is 0 Å². The van der Waals surface area contributed by atoms with Gasteiger partial charge in [0, 0.05) is 12.0 Å². The van der Waals surface area contributed by atoms with Crippen LogP contribution in [0.3, 0.4) is 0 Å². The standard InChI is InChI=1S/C10H10O3.C7H7O3/c1-7(2)10(12)13-9-5-3-8(11)4-6-9;8-7-4-1-3-2-5(10-7)6(4)9-3/h3-6,11H,1H2,2H3;2-6H,1H2. The molecule has 3 heterocycles. The quantitative estimate of drug-likeness (QED) is 0.509. The maximum atomic E-state index is 11.0. The molecule has 0 amide bonds. The van der Waals surface area contributed by atoms with Gasteiger partial charge in [0.15, 0.2) is 0 Å². The molecule has 3 aliphatic heterocycles. The fraction of sp³-hybridized carbons (Fsp3) is 0.353. The molecule has 4 rings (SSSR count). The van der Waals surface area contributed by atoms with E-state index in [4.69, 9.17) is 19.3 Å². The fourth-order valence-corrected chi connectivity index (χ4v) is 2.75. The number of hydrogen-bond acceptors (Lipinski definition) is 6. The van der Waals surface area contributed by atoms with E-state index in [9.17, 15) is 9.59 Å². The van der Waals surface area contributed by atoms with Gasteiger partial charge in [-0.1, -0.05) is 6.58 Å². The summed E-state index contributed by atoms with van der Waals surface area (Å²) in [7, 11) is 0. The average molecular weight is 317 g/mol. The monoisotopic (exact) mass is 317 g/mol. The highest BCUT2D eigenvalue weighted by Crippen LogP contribution is 2.45. The van der Waals surface area contributed by atoms with E-state index in [1.807, 2.05) is 6.42 Å². The number of hydrogen-bond donors (Lipinski definition) is 1. The van der Waals surface area contributed by atoms with Crippen LogP contribution in [-0.2, 0) is 19.1 Å². The predicted molar refractivity (Wildman–Crippen MR) is 79.5 cm³/mol. The highest BCUT2D eigenvalue weighted by atomic mass is 16.6. The van der Waals surface area contributed by atoms with E-state index in [0.717, 1.165) is 6.42 Å².